The van der Waals surface area contributed by atoms with E-state index in [1.807, 2.05) is 0 Å². The van der Waals surface area contributed by atoms with Crippen molar-refractivity contribution >= 4 is 0 Å². The third-order valence-electron chi connectivity index (χ3n) is 4.78. The molecule has 3 aromatic rings. The van der Waals surface area contributed by atoms with E-state index in [0.29, 0.717) is 33.6 Å². The summed E-state index contributed by atoms with van der Waals surface area (Å²) in [4.78, 5) is 0. The predicted octanol–water partition coefficient (Wildman–Crippen LogP) is 5.52. The Balaban J connectivity index is 2.24. The van der Waals surface area contributed by atoms with Gasteiger partial charge < -0.3 is 10.5 Å². The zero-order valence-electron chi connectivity index (χ0n) is 15.4. The normalized spacial score (nSPS) is 10.9. The van der Waals surface area contributed by atoms with Crippen molar-refractivity contribution in [2.24, 2.45) is 5.73 Å². The molecule has 0 unspecified atom stereocenters. The number of hydrogen-bond acceptors (Lipinski definition) is 2. The van der Waals surface area contributed by atoms with Crippen LogP contribution < -0.4 is 10.5 Å². The Morgan fingerprint density at radius 1 is 0.926 bits per heavy atom. The van der Waals surface area contributed by atoms with Crippen molar-refractivity contribution in [3.63, 3.8) is 0 Å². The molecule has 0 aliphatic rings. The Kier molecular flexibility index (Phi) is 5.24. The van der Waals surface area contributed by atoms with E-state index in [1.54, 1.807) is 38.1 Å². The Bertz CT molecular complexity index is 1010. The quantitative estimate of drug-likeness (QED) is 0.655. The molecule has 2 nitrogen and oxygen atoms in total. The summed E-state index contributed by atoms with van der Waals surface area (Å²) in [7, 11) is 1.44. The van der Waals surface area contributed by atoms with Crippen molar-refractivity contribution in [1.29, 1.82) is 0 Å². The van der Waals surface area contributed by atoms with Gasteiger partial charge in [0.1, 0.15) is 23.2 Å². The second kappa shape index (κ2) is 7.45. The molecule has 0 aliphatic heterocycles. The van der Waals surface area contributed by atoms with E-state index in [-0.39, 0.29) is 17.7 Å². The van der Waals surface area contributed by atoms with E-state index in [2.05, 4.69) is 0 Å². The lowest BCUT2D eigenvalue weighted by Crippen LogP contribution is -2.04. The van der Waals surface area contributed by atoms with Gasteiger partial charge in [-0.2, -0.15) is 0 Å². The highest BCUT2D eigenvalue weighted by Gasteiger charge is 2.18. The van der Waals surface area contributed by atoms with Gasteiger partial charge >= 0.3 is 0 Å². The van der Waals surface area contributed by atoms with Gasteiger partial charge in [0.2, 0.25) is 0 Å². The Morgan fingerprint density at radius 3 is 2.30 bits per heavy atom. The molecule has 0 spiro atoms. The number of ether oxygens (including phenoxy) is 1. The smallest absolute Gasteiger partial charge is 0.136 e. The molecular weight excluding hydrogens is 351 g/mol. The van der Waals surface area contributed by atoms with Crippen LogP contribution in [0.4, 0.5) is 13.2 Å². The van der Waals surface area contributed by atoms with Gasteiger partial charge in [-0.3, -0.25) is 0 Å². The molecular formula is C22H20F3NO. The van der Waals surface area contributed by atoms with Gasteiger partial charge in [-0.15, -0.1) is 0 Å². The number of aryl methyl sites for hydroxylation is 1. The summed E-state index contributed by atoms with van der Waals surface area (Å²) < 4.78 is 48.7. The van der Waals surface area contributed by atoms with Crippen molar-refractivity contribution in [3.05, 3.63) is 76.6 Å². The molecule has 2 N–H and O–H groups in total. The van der Waals surface area contributed by atoms with Crippen molar-refractivity contribution in [1.82, 2.24) is 0 Å². The maximum atomic E-state index is 14.6. The standard InChI is InChI=1S/C22H20F3NO/c1-12-7-8-18(23)21(22(12)25)16-6-4-5-15(13(16)2)14-9-19(24)17(11-26)20(10-14)27-3/h4-10H,11,26H2,1-3H3. The number of halogens is 3. The second-order valence-corrected chi connectivity index (χ2v) is 6.37. The Labute approximate surface area is 156 Å². The van der Waals surface area contributed by atoms with E-state index < -0.39 is 17.5 Å². The third-order valence-corrected chi connectivity index (χ3v) is 4.78. The van der Waals surface area contributed by atoms with Crippen LogP contribution in [-0.4, -0.2) is 7.11 Å². The van der Waals surface area contributed by atoms with E-state index in [0.717, 1.165) is 0 Å². The van der Waals surface area contributed by atoms with Crippen LogP contribution in [0, 0.1) is 31.3 Å². The van der Waals surface area contributed by atoms with Gasteiger partial charge in [0.25, 0.3) is 0 Å². The zero-order chi connectivity index (χ0) is 19.7. The van der Waals surface area contributed by atoms with Crippen LogP contribution in [-0.2, 0) is 6.54 Å². The van der Waals surface area contributed by atoms with E-state index >= 15 is 0 Å². The molecule has 0 bridgehead atoms. The number of benzene rings is 3. The summed E-state index contributed by atoms with van der Waals surface area (Å²) in [6, 6.07) is 10.8. The first-order valence-electron chi connectivity index (χ1n) is 8.50. The molecule has 3 rings (SSSR count). The molecule has 0 amide bonds. The molecule has 0 heterocycles. The molecule has 140 valence electrons. The Hall–Kier alpha value is -2.79. The van der Waals surface area contributed by atoms with Crippen LogP contribution in [0.2, 0.25) is 0 Å². The predicted molar refractivity (Wildman–Crippen MR) is 101 cm³/mol. The first-order chi connectivity index (χ1) is 12.9. The highest BCUT2D eigenvalue weighted by atomic mass is 19.1. The number of hydrogen-bond donors (Lipinski definition) is 1. The molecule has 0 atom stereocenters. The molecule has 5 heteroatoms. The van der Waals surface area contributed by atoms with Crippen molar-refractivity contribution in [3.8, 4) is 28.0 Å². The minimum atomic E-state index is -0.638. The fourth-order valence-electron chi connectivity index (χ4n) is 3.27. The minimum absolute atomic E-state index is 0.00796. The lowest BCUT2D eigenvalue weighted by Gasteiger charge is -2.16. The summed E-state index contributed by atoms with van der Waals surface area (Å²) in [5.41, 5.74) is 8.42. The lowest BCUT2D eigenvalue weighted by atomic mass is 9.91. The first kappa shape index (κ1) is 19.0. The monoisotopic (exact) mass is 371 g/mol. The second-order valence-electron chi connectivity index (χ2n) is 6.37. The summed E-state index contributed by atoms with van der Waals surface area (Å²) >= 11 is 0. The number of methoxy groups -OCH3 is 1. The van der Waals surface area contributed by atoms with Gasteiger partial charge in [-0.25, -0.2) is 13.2 Å². The zero-order valence-corrected chi connectivity index (χ0v) is 15.4. The van der Waals surface area contributed by atoms with Gasteiger partial charge in [-0.05, 0) is 59.9 Å². The third kappa shape index (κ3) is 3.30. The molecule has 0 saturated carbocycles. The minimum Gasteiger partial charge on any atom is -0.496 e. The molecule has 0 radical (unpaired) electrons. The summed E-state index contributed by atoms with van der Waals surface area (Å²) in [6.45, 7) is 3.35. The first-order valence-corrected chi connectivity index (χ1v) is 8.50. The lowest BCUT2D eigenvalue weighted by molar-refractivity contribution is 0.405. The van der Waals surface area contributed by atoms with Gasteiger partial charge in [0.15, 0.2) is 0 Å². The molecule has 0 saturated heterocycles. The topological polar surface area (TPSA) is 35.2 Å². The number of nitrogens with two attached hydrogens (primary N) is 1. The molecule has 3 aromatic carbocycles. The van der Waals surface area contributed by atoms with Gasteiger partial charge in [0.05, 0.1) is 12.7 Å². The molecule has 27 heavy (non-hydrogen) atoms. The summed E-state index contributed by atoms with van der Waals surface area (Å²) in [6.07, 6.45) is 0. The average molecular weight is 371 g/mol. The fraction of sp³-hybridized carbons (Fsp3) is 0.182. The van der Waals surface area contributed by atoms with Crippen molar-refractivity contribution in [2.75, 3.05) is 7.11 Å². The molecule has 0 aliphatic carbocycles. The highest BCUT2D eigenvalue weighted by molar-refractivity contribution is 5.79. The van der Waals surface area contributed by atoms with Crippen LogP contribution in [0.15, 0.2) is 42.5 Å². The van der Waals surface area contributed by atoms with E-state index in [1.165, 1.54) is 25.3 Å². The van der Waals surface area contributed by atoms with Crippen molar-refractivity contribution in [2.45, 2.75) is 20.4 Å². The summed E-state index contributed by atoms with van der Waals surface area (Å²) in [5.74, 6) is -1.38. The largest absolute Gasteiger partial charge is 0.496 e. The average Bonchev–Trinajstić information content (AvgIpc) is 2.65. The van der Waals surface area contributed by atoms with Gasteiger partial charge in [0, 0.05) is 12.1 Å². The fourth-order valence-corrected chi connectivity index (χ4v) is 3.27. The van der Waals surface area contributed by atoms with E-state index in [9.17, 15) is 13.2 Å². The van der Waals surface area contributed by atoms with Crippen LogP contribution in [0.5, 0.6) is 5.75 Å². The van der Waals surface area contributed by atoms with Crippen LogP contribution in [0.1, 0.15) is 16.7 Å². The maximum absolute atomic E-state index is 14.6. The SMILES string of the molecule is COc1cc(-c2cccc(-c3c(F)ccc(C)c3F)c2C)cc(F)c1CN. The molecule has 0 aromatic heterocycles. The van der Waals surface area contributed by atoms with Gasteiger partial charge in [-0.1, -0.05) is 24.3 Å². The molecule has 0 fully saturated rings. The van der Waals surface area contributed by atoms with Crippen LogP contribution >= 0.6 is 0 Å². The highest BCUT2D eigenvalue weighted by Crippen LogP contribution is 2.37. The maximum Gasteiger partial charge on any atom is 0.136 e. The van der Waals surface area contributed by atoms with Crippen LogP contribution in [0.25, 0.3) is 22.3 Å². The van der Waals surface area contributed by atoms with E-state index in [4.69, 9.17) is 10.5 Å². The summed E-state index contributed by atoms with van der Waals surface area (Å²) in [5, 5.41) is 0. The number of rotatable bonds is 4. The Morgan fingerprint density at radius 2 is 1.63 bits per heavy atom. The van der Waals surface area contributed by atoms with Crippen molar-refractivity contribution < 1.29 is 17.9 Å². The van der Waals surface area contributed by atoms with Crippen LogP contribution in [0.3, 0.4) is 0 Å².